The van der Waals surface area contributed by atoms with E-state index in [1.54, 1.807) is 6.92 Å². The van der Waals surface area contributed by atoms with Crippen LogP contribution in [0.3, 0.4) is 0 Å². The summed E-state index contributed by atoms with van der Waals surface area (Å²) in [4.78, 5) is 10.4. The summed E-state index contributed by atoms with van der Waals surface area (Å²) in [5.41, 5.74) is 4.99. The second kappa shape index (κ2) is 5.75. The quantitative estimate of drug-likeness (QED) is 0.810. The normalized spacial score (nSPS) is 11.4. The van der Waals surface area contributed by atoms with Gasteiger partial charge in [0.25, 0.3) is 0 Å². The van der Waals surface area contributed by atoms with Crippen LogP contribution in [-0.4, -0.2) is 18.8 Å². The minimum absolute atomic E-state index is 0.0811. The molecule has 0 aromatic heterocycles. The number of terminal acetylenes is 1. The predicted molar refractivity (Wildman–Crippen MR) is 60.0 cm³/mol. The molecule has 0 aliphatic carbocycles. The zero-order valence-electron chi connectivity index (χ0n) is 9.27. The van der Waals surface area contributed by atoms with Crippen LogP contribution in [0.15, 0.2) is 18.2 Å². The first-order chi connectivity index (χ1) is 8.02. The molecule has 0 saturated carbocycles. The molecule has 0 aliphatic heterocycles. The maximum Gasteiger partial charge on any atom is 0.404 e. The first-order valence-corrected chi connectivity index (χ1v) is 4.88. The predicted octanol–water partition coefficient (Wildman–Crippen LogP) is 1.67. The van der Waals surface area contributed by atoms with Gasteiger partial charge in [-0.2, -0.15) is 0 Å². The molecule has 1 amide bonds. The summed E-state index contributed by atoms with van der Waals surface area (Å²) in [6, 6.07) is 4.14. The maximum atomic E-state index is 13.3. The van der Waals surface area contributed by atoms with Gasteiger partial charge >= 0.3 is 6.09 Å². The number of ether oxygens (including phenoxy) is 2. The topological polar surface area (TPSA) is 61.6 Å². The standard InChI is InChI=1S/C12H12FNO3/c1-3-9-4-5-10(6-11(9)13)16-7-8(2)17-12(14)15/h1,4-6,8H,7H2,2H3,(H2,14,15). The van der Waals surface area contributed by atoms with Crippen LogP contribution in [0.1, 0.15) is 12.5 Å². The molecule has 1 aromatic carbocycles. The summed E-state index contributed by atoms with van der Waals surface area (Å²) < 4.78 is 23.1. The van der Waals surface area contributed by atoms with Gasteiger partial charge in [-0.15, -0.1) is 6.42 Å². The van der Waals surface area contributed by atoms with E-state index in [0.717, 1.165) is 0 Å². The molecular formula is C12H12FNO3. The summed E-state index contributed by atoms with van der Waals surface area (Å²) >= 11 is 0. The van der Waals surface area contributed by atoms with Gasteiger partial charge in [0.1, 0.15) is 24.3 Å². The Bertz CT molecular complexity index is 454. The summed E-state index contributed by atoms with van der Waals surface area (Å²) in [6.07, 6.45) is 3.68. The minimum atomic E-state index is -0.880. The lowest BCUT2D eigenvalue weighted by molar-refractivity contribution is 0.0822. The lowest BCUT2D eigenvalue weighted by Gasteiger charge is -2.12. The highest BCUT2D eigenvalue weighted by Gasteiger charge is 2.08. The zero-order chi connectivity index (χ0) is 12.8. The monoisotopic (exact) mass is 237 g/mol. The molecule has 90 valence electrons. The van der Waals surface area contributed by atoms with Crippen molar-refractivity contribution >= 4 is 6.09 Å². The number of benzene rings is 1. The summed E-state index contributed by atoms with van der Waals surface area (Å²) in [6.45, 7) is 1.69. The van der Waals surface area contributed by atoms with E-state index in [4.69, 9.17) is 16.9 Å². The van der Waals surface area contributed by atoms with Gasteiger partial charge in [0.2, 0.25) is 0 Å². The van der Waals surface area contributed by atoms with Crippen LogP contribution < -0.4 is 10.5 Å². The second-order valence-corrected chi connectivity index (χ2v) is 3.34. The number of rotatable bonds is 4. The van der Waals surface area contributed by atoms with Crippen LogP contribution in [0.4, 0.5) is 9.18 Å². The summed E-state index contributed by atoms with van der Waals surface area (Å²) in [7, 11) is 0. The third-order valence-corrected chi connectivity index (χ3v) is 1.90. The molecular weight excluding hydrogens is 225 g/mol. The molecule has 0 fully saturated rings. The first kappa shape index (κ1) is 12.8. The van der Waals surface area contributed by atoms with Gasteiger partial charge in [0.15, 0.2) is 0 Å². The van der Waals surface area contributed by atoms with Crippen molar-refractivity contribution in [2.75, 3.05) is 6.61 Å². The molecule has 17 heavy (non-hydrogen) atoms. The lowest BCUT2D eigenvalue weighted by Crippen LogP contribution is -2.25. The van der Waals surface area contributed by atoms with Crippen molar-refractivity contribution in [3.63, 3.8) is 0 Å². The van der Waals surface area contributed by atoms with Crippen molar-refractivity contribution in [1.29, 1.82) is 0 Å². The third kappa shape index (κ3) is 4.03. The van der Waals surface area contributed by atoms with Gasteiger partial charge < -0.3 is 15.2 Å². The largest absolute Gasteiger partial charge is 0.490 e. The second-order valence-electron chi connectivity index (χ2n) is 3.34. The number of carbonyl (C=O) groups is 1. The number of primary amides is 1. The highest BCUT2D eigenvalue weighted by molar-refractivity contribution is 5.64. The van der Waals surface area contributed by atoms with Crippen LogP contribution >= 0.6 is 0 Å². The van der Waals surface area contributed by atoms with Gasteiger partial charge in [-0.1, -0.05) is 5.92 Å². The molecule has 1 unspecified atom stereocenters. The molecule has 5 heteroatoms. The van der Waals surface area contributed by atoms with Gasteiger partial charge in [0.05, 0.1) is 5.56 Å². The summed E-state index contributed by atoms with van der Waals surface area (Å²) in [5.74, 6) is 1.97. The highest BCUT2D eigenvalue weighted by atomic mass is 19.1. The van der Waals surface area contributed by atoms with Gasteiger partial charge in [-0.3, -0.25) is 0 Å². The van der Waals surface area contributed by atoms with Crippen LogP contribution in [0.2, 0.25) is 0 Å². The lowest BCUT2D eigenvalue weighted by atomic mass is 10.2. The average molecular weight is 237 g/mol. The molecule has 0 heterocycles. The highest BCUT2D eigenvalue weighted by Crippen LogP contribution is 2.16. The van der Waals surface area contributed by atoms with E-state index in [9.17, 15) is 9.18 Å². The van der Waals surface area contributed by atoms with Crippen molar-refractivity contribution in [1.82, 2.24) is 0 Å². The van der Waals surface area contributed by atoms with Crippen molar-refractivity contribution in [3.8, 4) is 18.1 Å². The smallest absolute Gasteiger partial charge is 0.404 e. The van der Waals surface area contributed by atoms with E-state index in [0.29, 0.717) is 5.75 Å². The number of carbonyl (C=O) groups excluding carboxylic acids is 1. The van der Waals surface area contributed by atoms with Crippen LogP contribution in [0.5, 0.6) is 5.75 Å². The molecule has 0 radical (unpaired) electrons. The zero-order valence-corrected chi connectivity index (χ0v) is 9.27. The van der Waals surface area contributed by atoms with Gasteiger partial charge in [0, 0.05) is 6.07 Å². The van der Waals surface area contributed by atoms with Crippen LogP contribution in [-0.2, 0) is 4.74 Å². The summed E-state index contributed by atoms with van der Waals surface area (Å²) in [5, 5.41) is 0. The Labute approximate surface area is 98.5 Å². The molecule has 2 N–H and O–H groups in total. The van der Waals surface area contributed by atoms with E-state index in [1.165, 1.54) is 18.2 Å². The molecule has 1 rings (SSSR count). The van der Waals surface area contributed by atoms with Gasteiger partial charge in [-0.25, -0.2) is 9.18 Å². The minimum Gasteiger partial charge on any atom is -0.490 e. The van der Waals surface area contributed by atoms with E-state index in [-0.39, 0.29) is 12.2 Å². The first-order valence-electron chi connectivity index (χ1n) is 4.88. The molecule has 4 nitrogen and oxygen atoms in total. The van der Waals surface area contributed by atoms with Gasteiger partial charge in [-0.05, 0) is 19.1 Å². The number of hydrogen-bond acceptors (Lipinski definition) is 3. The Kier molecular flexibility index (Phi) is 4.35. The molecule has 0 bridgehead atoms. The molecule has 0 saturated heterocycles. The van der Waals surface area contributed by atoms with Crippen molar-refractivity contribution < 1.29 is 18.7 Å². The third-order valence-electron chi connectivity index (χ3n) is 1.90. The van der Waals surface area contributed by atoms with E-state index in [2.05, 4.69) is 10.7 Å². The Morgan fingerprint density at radius 2 is 2.35 bits per heavy atom. The Balaban J connectivity index is 2.56. The van der Waals surface area contributed by atoms with Crippen molar-refractivity contribution in [2.24, 2.45) is 5.73 Å². The fraction of sp³-hybridized carbons (Fsp3) is 0.250. The molecule has 0 aliphatic rings. The van der Waals surface area contributed by atoms with E-state index in [1.807, 2.05) is 0 Å². The van der Waals surface area contributed by atoms with Crippen molar-refractivity contribution in [2.45, 2.75) is 13.0 Å². The fourth-order valence-electron chi connectivity index (χ4n) is 1.15. The number of hydrogen-bond donors (Lipinski definition) is 1. The van der Waals surface area contributed by atoms with Crippen LogP contribution in [0, 0.1) is 18.2 Å². The molecule has 1 atom stereocenters. The van der Waals surface area contributed by atoms with E-state index >= 15 is 0 Å². The fourth-order valence-corrected chi connectivity index (χ4v) is 1.15. The number of nitrogens with two attached hydrogens (primary N) is 1. The maximum absolute atomic E-state index is 13.3. The Morgan fingerprint density at radius 1 is 1.65 bits per heavy atom. The number of amides is 1. The SMILES string of the molecule is C#Cc1ccc(OCC(C)OC(N)=O)cc1F. The molecule has 0 spiro atoms. The Hall–Kier alpha value is -2.22. The van der Waals surface area contributed by atoms with E-state index < -0.39 is 18.0 Å². The molecule has 1 aromatic rings. The average Bonchev–Trinajstić information content (AvgIpc) is 2.25. The van der Waals surface area contributed by atoms with Crippen molar-refractivity contribution in [3.05, 3.63) is 29.6 Å². The Morgan fingerprint density at radius 3 is 2.88 bits per heavy atom. The van der Waals surface area contributed by atoms with Crippen LogP contribution in [0.25, 0.3) is 0 Å². The number of halogens is 1.